The van der Waals surface area contributed by atoms with Crippen molar-refractivity contribution < 1.29 is 51.2 Å². The minimum absolute atomic E-state index is 0. The fourth-order valence-corrected chi connectivity index (χ4v) is 31.0. The molecule has 0 unspecified atom stereocenters. The standard InChI is InChI=1S/C10H21N2.C9H19N2.C8H17N2.3C6H18NSi2.3Cu/c1-9(2)11-6-7-12(8-11)10(3,4)5;1-5-10-6-7-11(8-10)9(2,3)4;1-8(2,3)10-6-5-9(4)7-10;3*1-8(2,3)7-9(4,5)6;;;/h8-9H,6-7H2,1-5H3;8H,5-7H2,1-4H3;7H,5-6H2,1-4H3;3*1-6H3;;;/q6*-1;3*+2. The summed E-state index contributed by atoms with van der Waals surface area (Å²) in [6, 6.07) is 0.636. The second-order valence-electron chi connectivity index (χ2n) is 26.2. The number of likely N-dealkylation sites (N-methyl/N-ethyl adjacent to an activating group) is 2. The van der Waals surface area contributed by atoms with Gasteiger partial charge in [-0.25, -0.2) is 20.0 Å². The van der Waals surface area contributed by atoms with Crippen LogP contribution in [-0.2, 0) is 51.2 Å². The molecule has 3 aliphatic heterocycles. The molecule has 0 atom stereocenters. The Kier molecular flexibility index (Phi) is 38.8. The van der Waals surface area contributed by atoms with E-state index < -0.39 is 49.4 Å². The van der Waals surface area contributed by atoms with E-state index >= 15 is 0 Å². The van der Waals surface area contributed by atoms with Crippen molar-refractivity contribution in [2.45, 2.75) is 224 Å². The first-order valence-electron chi connectivity index (χ1n) is 23.3. The Labute approximate surface area is 437 Å². The predicted octanol–water partition coefficient (Wildman–Crippen LogP) is 13.7. The van der Waals surface area contributed by atoms with E-state index in [2.05, 4.69) is 257 Å². The third-order valence-corrected chi connectivity index (χ3v) is 24.6. The zero-order valence-corrected chi connectivity index (χ0v) is 56.5. The van der Waals surface area contributed by atoms with Crippen molar-refractivity contribution in [1.29, 1.82) is 0 Å². The molecular formula is C45H111Cu3N9Si6. The van der Waals surface area contributed by atoms with Gasteiger partial charge in [0.1, 0.15) is 0 Å². The number of hydrogen-bond acceptors (Lipinski definition) is 6. The van der Waals surface area contributed by atoms with E-state index in [4.69, 9.17) is 13.9 Å². The molecule has 0 N–H and O–H groups in total. The summed E-state index contributed by atoms with van der Waals surface area (Å²) in [5, 5.41) is 0. The van der Waals surface area contributed by atoms with Crippen LogP contribution < -0.4 is 0 Å². The number of hydrogen-bond donors (Lipinski definition) is 0. The summed E-state index contributed by atoms with van der Waals surface area (Å²) in [6.07, 6.45) is 0. The second kappa shape index (κ2) is 31.8. The Morgan fingerprint density at radius 1 is 0.413 bits per heavy atom. The van der Waals surface area contributed by atoms with Gasteiger partial charge in [0.05, 0.1) is 0 Å². The molecule has 393 valence electrons. The van der Waals surface area contributed by atoms with Crippen molar-refractivity contribution >= 4 is 49.4 Å². The van der Waals surface area contributed by atoms with Crippen LogP contribution in [0.1, 0.15) is 83.1 Å². The monoisotopic (exact) mass is 1130 g/mol. The molecule has 63 heavy (non-hydrogen) atoms. The third kappa shape index (κ3) is 49.3. The molecule has 0 aliphatic carbocycles. The molecule has 9 nitrogen and oxygen atoms in total. The maximum atomic E-state index is 4.82. The fourth-order valence-electron chi connectivity index (χ4n) is 6.86. The quantitative estimate of drug-likeness (QED) is 0.178. The summed E-state index contributed by atoms with van der Waals surface area (Å²) in [5.74, 6) is 0. The van der Waals surface area contributed by atoms with Gasteiger partial charge >= 0.3 is 51.2 Å². The summed E-state index contributed by atoms with van der Waals surface area (Å²) >= 11 is 0. The first kappa shape index (κ1) is 77.0. The van der Waals surface area contributed by atoms with Gasteiger partial charge in [-0.15, -0.1) is 0 Å². The minimum Gasteiger partial charge on any atom is -0.668 e. The van der Waals surface area contributed by atoms with Gasteiger partial charge in [0.15, 0.2) is 0 Å². The molecule has 0 spiro atoms. The first-order valence-corrected chi connectivity index (χ1v) is 44.0. The smallest absolute Gasteiger partial charge is 0.668 e. The van der Waals surface area contributed by atoms with Crippen LogP contribution in [0.4, 0.5) is 0 Å². The number of rotatable bonds is 8. The zero-order chi connectivity index (χ0) is 48.7. The SMILES string of the molecule is CC(C)N1[CH-]N(C(C)(C)C)CC1.CCN1[CH-]N(C(C)(C)C)CC1.CN1[CH-]N(C(C)(C)C)CC1.C[Si](C)(C)[N-][Si](C)(C)C.C[Si](C)(C)[N-][Si](C)(C)C.C[Si](C)(C)[N-][Si](C)(C)C.[Cu+2].[Cu+2].[Cu+2]. The normalized spacial score (nSPS) is 18.1. The zero-order valence-electron chi connectivity index (χ0n) is 47.7. The van der Waals surface area contributed by atoms with Crippen molar-refractivity contribution in [1.82, 2.24) is 29.4 Å². The van der Waals surface area contributed by atoms with Crippen LogP contribution in [0.15, 0.2) is 0 Å². The molecule has 3 saturated heterocycles. The van der Waals surface area contributed by atoms with E-state index in [1.807, 2.05) is 0 Å². The van der Waals surface area contributed by atoms with Crippen LogP contribution in [0, 0.1) is 20.0 Å². The summed E-state index contributed by atoms with van der Waals surface area (Å²) < 4.78 is 14.5. The average Bonchev–Trinajstić information content (AvgIpc) is 3.68. The molecule has 3 rings (SSSR count). The van der Waals surface area contributed by atoms with Crippen molar-refractivity contribution in [3.63, 3.8) is 0 Å². The Morgan fingerprint density at radius 3 is 0.794 bits per heavy atom. The van der Waals surface area contributed by atoms with Crippen molar-refractivity contribution in [3.8, 4) is 0 Å². The van der Waals surface area contributed by atoms with E-state index in [9.17, 15) is 0 Å². The van der Waals surface area contributed by atoms with E-state index in [0.29, 0.717) is 17.1 Å². The molecule has 3 radical (unpaired) electrons. The molecule has 3 fully saturated rings. The van der Waals surface area contributed by atoms with Gasteiger partial charge in [-0.05, 0) is 138 Å². The molecule has 0 saturated carbocycles. The van der Waals surface area contributed by atoms with Gasteiger partial charge in [-0.3, -0.25) is 0 Å². The largest absolute Gasteiger partial charge is 2.00 e. The molecule has 18 heteroatoms. The van der Waals surface area contributed by atoms with Gasteiger partial charge in [0.2, 0.25) is 0 Å². The first-order chi connectivity index (χ1) is 26.1. The Bertz CT molecular complexity index is 1030. The van der Waals surface area contributed by atoms with Crippen molar-refractivity contribution in [3.05, 3.63) is 33.9 Å². The Balaban J connectivity index is -0.000000154. The van der Waals surface area contributed by atoms with Gasteiger partial charge in [0.25, 0.3) is 0 Å². The van der Waals surface area contributed by atoms with E-state index in [1.54, 1.807) is 0 Å². The maximum Gasteiger partial charge on any atom is 2.00 e. The molecular weight excluding hydrogens is 1030 g/mol. The van der Waals surface area contributed by atoms with Gasteiger partial charge in [-0.2, -0.15) is 0 Å². The van der Waals surface area contributed by atoms with Crippen LogP contribution in [-0.4, -0.2) is 154 Å². The Hall–Kier alpha value is 2.50. The molecule has 0 bridgehead atoms. The fraction of sp³-hybridized carbons (Fsp3) is 0.933. The molecule has 0 aromatic rings. The summed E-state index contributed by atoms with van der Waals surface area (Å²) in [5.41, 5.74) is 0.873. The van der Waals surface area contributed by atoms with Crippen LogP contribution >= 0.6 is 0 Å². The van der Waals surface area contributed by atoms with E-state index in [-0.39, 0.29) is 56.7 Å². The van der Waals surface area contributed by atoms with Crippen LogP contribution in [0.2, 0.25) is 118 Å². The van der Waals surface area contributed by atoms with Gasteiger partial charge < -0.3 is 43.3 Å². The average molecular weight is 1140 g/mol. The van der Waals surface area contributed by atoms with Crippen LogP contribution in [0.5, 0.6) is 0 Å². The van der Waals surface area contributed by atoms with Crippen molar-refractivity contribution in [2.24, 2.45) is 0 Å². The third-order valence-electron chi connectivity index (χ3n) is 8.51. The summed E-state index contributed by atoms with van der Waals surface area (Å²) in [7, 11) is -4.52. The van der Waals surface area contributed by atoms with Crippen LogP contribution in [0.25, 0.3) is 13.9 Å². The molecule has 0 aromatic heterocycles. The van der Waals surface area contributed by atoms with E-state index in [1.165, 1.54) is 32.7 Å². The van der Waals surface area contributed by atoms with E-state index in [0.717, 1.165) is 13.1 Å². The molecule has 3 aliphatic rings. The molecule has 0 amide bonds. The van der Waals surface area contributed by atoms with Crippen LogP contribution in [0.3, 0.4) is 0 Å². The van der Waals surface area contributed by atoms with Gasteiger partial charge in [0, 0.05) is 0 Å². The maximum absolute atomic E-state index is 4.82. The molecule has 3 heterocycles. The second-order valence-corrected chi connectivity index (χ2v) is 55.0. The minimum atomic E-state index is -1.11. The summed E-state index contributed by atoms with van der Waals surface area (Å²) in [4.78, 5) is 14.2. The summed E-state index contributed by atoms with van der Waals surface area (Å²) in [6.45, 7) is 83.1. The van der Waals surface area contributed by atoms with Gasteiger partial charge in [-0.1, -0.05) is 188 Å². The van der Waals surface area contributed by atoms with Crippen molar-refractivity contribution in [2.75, 3.05) is 52.9 Å². The molecule has 0 aromatic carbocycles. The number of nitrogens with zero attached hydrogens (tertiary/aromatic N) is 9. The predicted molar refractivity (Wildman–Crippen MR) is 294 cm³/mol. The Morgan fingerprint density at radius 2 is 0.667 bits per heavy atom. The topological polar surface area (TPSA) is 61.7 Å².